The van der Waals surface area contributed by atoms with Crippen molar-refractivity contribution < 1.29 is 0 Å². The van der Waals surface area contributed by atoms with E-state index in [1.54, 1.807) is 10.9 Å². The first-order chi connectivity index (χ1) is 15.5. The highest BCUT2D eigenvalue weighted by Crippen LogP contribution is 2.32. The Labute approximate surface area is 193 Å². The third kappa shape index (κ3) is 3.46. The van der Waals surface area contributed by atoms with Crippen LogP contribution in [0.5, 0.6) is 0 Å². The van der Waals surface area contributed by atoms with E-state index in [0.29, 0.717) is 28.3 Å². The third-order valence-corrected chi connectivity index (χ3v) is 6.72. The van der Waals surface area contributed by atoms with Crippen LogP contribution in [-0.4, -0.2) is 39.7 Å². The summed E-state index contributed by atoms with van der Waals surface area (Å²) in [5.74, 6) is 0.828. The number of halogens is 1. The predicted molar refractivity (Wildman–Crippen MR) is 132 cm³/mol. The van der Waals surface area contributed by atoms with Crippen molar-refractivity contribution in [3.05, 3.63) is 70.2 Å². The fourth-order valence-electron chi connectivity index (χ4n) is 3.80. The molecule has 0 amide bonds. The molecule has 0 fully saturated rings. The van der Waals surface area contributed by atoms with Crippen molar-refractivity contribution in [1.29, 1.82) is 0 Å². The summed E-state index contributed by atoms with van der Waals surface area (Å²) in [4.78, 5) is 25.5. The number of hydrogen-bond donors (Lipinski definition) is 1. The van der Waals surface area contributed by atoms with E-state index in [2.05, 4.69) is 9.55 Å². The minimum Gasteiger partial charge on any atom is -0.348 e. The molecule has 0 aliphatic carbocycles. The second-order valence-electron chi connectivity index (χ2n) is 7.67. The van der Waals surface area contributed by atoms with Crippen molar-refractivity contribution in [3.63, 3.8) is 0 Å². The molecule has 5 rings (SSSR count). The van der Waals surface area contributed by atoms with Gasteiger partial charge >= 0.3 is 0 Å². The van der Waals surface area contributed by atoms with Gasteiger partial charge in [0.05, 0.1) is 22.2 Å². The number of thiophene rings is 1. The lowest BCUT2D eigenvalue weighted by atomic mass is 10.2. The number of rotatable bonds is 5. The molecule has 0 unspecified atom stereocenters. The lowest BCUT2D eigenvalue weighted by molar-refractivity contribution is 0.719. The zero-order valence-electron chi connectivity index (χ0n) is 17.6. The average molecular weight is 465 g/mol. The molecule has 5 aromatic rings. The molecule has 0 radical (unpaired) electrons. The molecule has 2 aromatic carbocycles. The summed E-state index contributed by atoms with van der Waals surface area (Å²) >= 11 is 7.43. The van der Waals surface area contributed by atoms with E-state index in [0.717, 1.165) is 33.1 Å². The fraction of sp³-hybridized carbons (Fsp3) is 0.174. The Morgan fingerprint density at radius 2 is 1.88 bits per heavy atom. The molecular formula is C23H21ClN6OS. The van der Waals surface area contributed by atoms with Crippen LogP contribution in [0.2, 0.25) is 5.02 Å². The Kier molecular flexibility index (Phi) is 5.21. The zero-order valence-corrected chi connectivity index (χ0v) is 19.2. The van der Waals surface area contributed by atoms with Gasteiger partial charge in [-0.2, -0.15) is 0 Å². The van der Waals surface area contributed by atoms with E-state index in [1.165, 1.54) is 11.3 Å². The lowest BCUT2D eigenvalue weighted by Crippen LogP contribution is -2.18. The molecule has 7 nitrogen and oxygen atoms in total. The molecule has 0 aliphatic heterocycles. The van der Waals surface area contributed by atoms with Crippen LogP contribution in [0, 0.1) is 0 Å². The zero-order chi connectivity index (χ0) is 22.4. The van der Waals surface area contributed by atoms with Crippen molar-refractivity contribution in [2.45, 2.75) is 6.54 Å². The Bertz CT molecular complexity index is 1500. The molecule has 0 aliphatic rings. The van der Waals surface area contributed by atoms with Crippen LogP contribution in [-0.2, 0) is 6.54 Å². The van der Waals surface area contributed by atoms with Crippen LogP contribution in [0.3, 0.4) is 0 Å². The van der Waals surface area contributed by atoms with Gasteiger partial charge in [-0.15, -0.1) is 11.3 Å². The van der Waals surface area contributed by atoms with E-state index in [-0.39, 0.29) is 5.56 Å². The fourth-order valence-corrected chi connectivity index (χ4v) is 4.97. The highest BCUT2D eigenvalue weighted by Gasteiger charge is 2.15. The summed E-state index contributed by atoms with van der Waals surface area (Å²) in [5.41, 5.74) is 9.89. The summed E-state index contributed by atoms with van der Waals surface area (Å²) in [6, 6.07) is 15.3. The Hall–Kier alpha value is -3.20. The van der Waals surface area contributed by atoms with Crippen LogP contribution in [0.15, 0.2) is 59.7 Å². The van der Waals surface area contributed by atoms with Crippen molar-refractivity contribution in [2.24, 2.45) is 5.73 Å². The number of hydrogen-bond acceptors (Lipinski definition) is 6. The van der Waals surface area contributed by atoms with Gasteiger partial charge in [-0.1, -0.05) is 23.7 Å². The first-order valence-corrected chi connectivity index (χ1v) is 11.3. The number of fused-ring (bicyclic) bond motifs is 2. The number of nitrogens with two attached hydrogens (primary N) is 1. The predicted octanol–water partition coefficient (Wildman–Crippen LogP) is 4.14. The highest BCUT2D eigenvalue weighted by atomic mass is 35.5. The van der Waals surface area contributed by atoms with Gasteiger partial charge in [0.2, 0.25) is 5.95 Å². The van der Waals surface area contributed by atoms with Crippen molar-refractivity contribution in [3.8, 4) is 16.1 Å². The molecule has 9 heteroatoms. The van der Waals surface area contributed by atoms with Gasteiger partial charge in [0.1, 0.15) is 11.0 Å². The first kappa shape index (κ1) is 20.7. The first-order valence-electron chi connectivity index (χ1n) is 10.1. The second-order valence-corrected chi connectivity index (χ2v) is 9.16. The standard InChI is InChI=1S/C23H21ClN6OS/c1-28(2)23-27-17-11-16(7-8-19(17)29(23)10-9-25)30-13-26-18-12-20(32-21(18)22(30)31)14-3-5-15(24)6-4-14/h3-8,11-13H,9-10,25H2,1-2H3. The second kappa shape index (κ2) is 8.05. The van der Waals surface area contributed by atoms with Crippen LogP contribution < -0.4 is 16.2 Å². The molecule has 162 valence electrons. The Morgan fingerprint density at radius 3 is 2.59 bits per heavy atom. The largest absolute Gasteiger partial charge is 0.348 e. The highest BCUT2D eigenvalue weighted by molar-refractivity contribution is 7.22. The molecule has 0 atom stereocenters. The smallest absolute Gasteiger partial charge is 0.275 e. The van der Waals surface area contributed by atoms with Gasteiger partial charge < -0.3 is 15.2 Å². The summed E-state index contributed by atoms with van der Waals surface area (Å²) in [7, 11) is 3.90. The van der Waals surface area contributed by atoms with Gasteiger partial charge in [-0.05, 0) is 42.0 Å². The van der Waals surface area contributed by atoms with Gasteiger partial charge in [0, 0.05) is 37.1 Å². The molecule has 0 bridgehead atoms. The molecule has 2 N–H and O–H groups in total. The van der Waals surface area contributed by atoms with Crippen molar-refractivity contribution in [2.75, 3.05) is 25.5 Å². The molecule has 0 saturated heterocycles. The number of aromatic nitrogens is 4. The van der Waals surface area contributed by atoms with Gasteiger partial charge in [0.25, 0.3) is 5.56 Å². The molecule has 3 heterocycles. The van der Waals surface area contributed by atoms with E-state index >= 15 is 0 Å². The van der Waals surface area contributed by atoms with Gasteiger partial charge in [-0.3, -0.25) is 9.36 Å². The van der Waals surface area contributed by atoms with E-state index < -0.39 is 0 Å². The van der Waals surface area contributed by atoms with E-state index in [1.807, 2.05) is 67.5 Å². The minimum atomic E-state index is -0.103. The molecule has 0 saturated carbocycles. The maximum absolute atomic E-state index is 13.3. The molecular weight excluding hydrogens is 444 g/mol. The van der Waals surface area contributed by atoms with Crippen LogP contribution in [0.1, 0.15) is 0 Å². The summed E-state index contributed by atoms with van der Waals surface area (Å²) < 4.78 is 4.27. The molecule has 32 heavy (non-hydrogen) atoms. The van der Waals surface area contributed by atoms with E-state index in [9.17, 15) is 4.79 Å². The summed E-state index contributed by atoms with van der Waals surface area (Å²) in [5, 5.41) is 0.678. The average Bonchev–Trinajstić information content (AvgIpc) is 3.37. The number of benzene rings is 2. The van der Waals surface area contributed by atoms with E-state index in [4.69, 9.17) is 22.3 Å². The SMILES string of the molecule is CN(C)c1nc2cc(-n3cnc4cc(-c5ccc(Cl)cc5)sc4c3=O)ccc2n1CCN. The van der Waals surface area contributed by atoms with Crippen LogP contribution in [0.25, 0.3) is 37.4 Å². The third-order valence-electron chi connectivity index (χ3n) is 5.31. The summed E-state index contributed by atoms with van der Waals surface area (Å²) in [6.07, 6.45) is 1.58. The quantitative estimate of drug-likeness (QED) is 0.422. The molecule has 3 aromatic heterocycles. The normalized spacial score (nSPS) is 11.5. The number of anilines is 1. The summed E-state index contributed by atoms with van der Waals surface area (Å²) in [6.45, 7) is 1.18. The van der Waals surface area contributed by atoms with Gasteiger partial charge in [-0.25, -0.2) is 9.97 Å². The topological polar surface area (TPSA) is 82.0 Å². The van der Waals surface area contributed by atoms with Crippen LogP contribution in [0.4, 0.5) is 5.95 Å². The molecule has 0 spiro atoms. The Balaban J connectivity index is 1.61. The van der Waals surface area contributed by atoms with Gasteiger partial charge in [0.15, 0.2) is 0 Å². The minimum absolute atomic E-state index is 0.103. The maximum Gasteiger partial charge on any atom is 0.275 e. The number of imidazole rings is 1. The maximum atomic E-state index is 13.3. The monoisotopic (exact) mass is 464 g/mol. The Morgan fingerprint density at radius 1 is 1.09 bits per heavy atom. The number of nitrogens with zero attached hydrogens (tertiary/aromatic N) is 5. The van der Waals surface area contributed by atoms with Crippen LogP contribution >= 0.6 is 22.9 Å². The van der Waals surface area contributed by atoms with Crippen molar-refractivity contribution >= 4 is 50.1 Å². The van der Waals surface area contributed by atoms with Crippen molar-refractivity contribution in [1.82, 2.24) is 19.1 Å². The lowest BCUT2D eigenvalue weighted by Gasteiger charge is -2.14.